The number of ether oxygens (including phenoxy) is 1. The maximum atomic E-state index is 13.3. The molecule has 0 radical (unpaired) electrons. The molecule has 34 heavy (non-hydrogen) atoms. The van der Waals surface area contributed by atoms with E-state index in [1.54, 1.807) is 39.0 Å². The summed E-state index contributed by atoms with van der Waals surface area (Å²) in [5, 5.41) is 3.41. The Bertz CT molecular complexity index is 1060. The number of nitrogens with one attached hydrogen (secondary N) is 1. The van der Waals surface area contributed by atoms with E-state index < -0.39 is 5.92 Å². The summed E-state index contributed by atoms with van der Waals surface area (Å²) in [4.78, 5) is 43.9. The minimum atomic E-state index is -0.408. The Balaban J connectivity index is 1.36. The van der Waals surface area contributed by atoms with Crippen molar-refractivity contribution >= 4 is 40.8 Å². The molecular formula is C25H29ClN4O4. The second-order valence-corrected chi connectivity index (χ2v) is 8.85. The summed E-state index contributed by atoms with van der Waals surface area (Å²) in [5.74, 6) is 0.112. The Morgan fingerprint density at radius 1 is 1.06 bits per heavy atom. The average Bonchev–Trinajstić information content (AvgIpc) is 3.04. The topological polar surface area (TPSA) is 82.2 Å². The van der Waals surface area contributed by atoms with Crippen LogP contribution < -0.4 is 15.0 Å². The average molecular weight is 485 g/mol. The van der Waals surface area contributed by atoms with Gasteiger partial charge in [0.25, 0.3) is 0 Å². The fourth-order valence-electron chi connectivity index (χ4n) is 4.43. The van der Waals surface area contributed by atoms with Crippen molar-refractivity contribution in [1.82, 2.24) is 9.80 Å². The molecule has 1 N–H and O–H groups in total. The fourth-order valence-corrected chi connectivity index (χ4v) is 4.62. The second-order valence-electron chi connectivity index (χ2n) is 8.41. The lowest BCUT2D eigenvalue weighted by Crippen LogP contribution is -2.41. The van der Waals surface area contributed by atoms with Crippen LogP contribution in [0.5, 0.6) is 5.75 Å². The Morgan fingerprint density at radius 3 is 2.62 bits per heavy atom. The predicted octanol–water partition coefficient (Wildman–Crippen LogP) is 3.86. The molecule has 1 unspecified atom stereocenters. The standard InChI is InChI=1S/C25H29ClN4O4/c1-2-34-22-10-4-3-9-21(22)30-17-18(15-23(30)31)24(32)28-11-6-12-29(14-13-28)25(33)27-20-8-5-7-19(26)16-20/h3-5,7-10,16,18H,2,6,11-15,17H2,1H3,(H,27,33). The van der Waals surface area contributed by atoms with Gasteiger partial charge >= 0.3 is 6.03 Å². The van der Waals surface area contributed by atoms with Crippen molar-refractivity contribution in [2.45, 2.75) is 19.8 Å². The first-order valence-corrected chi connectivity index (χ1v) is 12.0. The van der Waals surface area contributed by atoms with Gasteiger partial charge in [0.2, 0.25) is 11.8 Å². The Hall–Kier alpha value is -3.26. The smallest absolute Gasteiger partial charge is 0.321 e. The van der Waals surface area contributed by atoms with Gasteiger partial charge in [-0.25, -0.2) is 4.79 Å². The van der Waals surface area contributed by atoms with Gasteiger partial charge in [-0.2, -0.15) is 0 Å². The molecule has 0 bridgehead atoms. The van der Waals surface area contributed by atoms with Crippen molar-refractivity contribution < 1.29 is 19.1 Å². The van der Waals surface area contributed by atoms with Gasteiger partial charge in [-0.15, -0.1) is 0 Å². The molecule has 2 aliphatic rings. The zero-order valence-corrected chi connectivity index (χ0v) is 20.0. The van der Waals surface area contributed by atoms with E-state index in [1.807, 2.05) is 31.2 Å². The van der Waals surface area contributed by atoms with Gasteiger partial charge in [0.15, 0.2) is 0 Å². The van der Waals surface area contributed by atoms with Crippen molar-refractivity contribution in [3.05, 3.63) is 53.6 Å². The highest BCUT2D eigenvalue weighted by molar-refractivity contribution is 6.30. The fraction of sp³-hybridized carbons (Fsp3) is 0.400. The van der Waals surface area contributed by atoms with Crippen LogP contribution in [0.15, 0.2) is 48.5 Å². The number of hydrogen-bond acceptors (Lipinski definition) is 4. The van der Waals surface area contributed by atoms with Crippen LogP contribution in [0.2, 0.25) is 5.02 Å². The molecule has 2 aromatic rings. The van der Waals surface area contributed by atoms with Gasteiger partial charge in [0.1, 0.15) is 5.75 Å². The summed E-state index contributed by atoms with van der Waals surface area (Å²) < 4.78 is 5.67. The highest BCUT2D eigenvalue weighted by Crippen LogP contribution is 2.33. The Kier molecular flexibility index (Phi) is 7.57. The van der Waals surface area contributed by atoms with E-state index in [2.05, 4.69) is 5.32 Å². The molecule has 0 saturated carbocycles. The number of halogens is 1. The molecule has 9 heteroatoms. The molecule has 2 fully saturated rings. The lowest BCUT2D eigenvalue weighted by Gasteiger charge is -2.25. The van der Waals surface area contributed by atoms with Gasteiger partial charge in [-0.1, -0.05) is 29.8 Å². The van der Waals surface area contributed by atoms with Crippen molar-refractivity contribution in [2.75, 3.05) is 49.5 Å². The third-order valence-corrected chi connectivity index (χ3v) is 6.34. The van der Waals surface area contributed by atoms with E-state index in [9.17, 15) is 14.4 Å². The highest BCUT2D eigenvalue weighted by atomic mass is 35.5. The number of carbonyl (C=O) groups excluding carboxylic acids is 3. The third-order valence-electron chi connectivity index (χ3n) is 6.10. The van der Waals surface area contributed by atoms with Crippen LogP contribution >= 0.6 is 11.6 Å². The van der Waals surface area contributed by atoms with Gasteiger partial charge in [-0.05, 0) is 43.7 Å². The van der Waals surface area contributed by atoms with Crippen LogP contribution in [0.25, 0.3) is 0 Å². The summed E-state index contributed by atoms with van der Waals surface area (Å²) in [7, 11) is 0. The summed E-state index contributed by atoms with van der Waals surface area (Å²) in [6.07, 6.45) is 0.848. The quantitative estimate of drug-likeness (QED) is 0.698. The predicted molar refractivity (Wildman–Crippen MR) is 131 cm³/mol. The van der Waals surface area contributed by atoms with Gasteiger partial charge in [0, 0.05) is 49.9 Å². The molecule has 180 valence electrons. The number of benzene rings is 2. The first-order valence-electron chi connectivity index (χ1n) is 11.6. The van der Waals surface area contributed by atoms with Crippen LogP contribution in [0.3, 0.4) is 0 Å². The number of hydrogen-bond donors (Lipinski definition) is 1. The van der Waals surface area contributed by atoms with Crippen LogP contribution in [-0.2, 0) is 9.59 Å². The highest BCUT2D eigenvalue weighted by Gasteiger charge is 2.38. The minimum absolute atomic E-state index is 0.0400. The van der Waals surface area contributed by atoms with E-state index in [-0.39, 0.29) is 24.3 Å². The van der Waals surface area contributed by atoms with Crippen LogP contribution in [0.1, 0.15) is 19.8 Å². The van der Waals surface area contributed by atoms with Crippen LogP contribution in [-0.4, -0.2) is 67.0 Å². The Morgan fingerprint density at radius 2 is 1.82 bits per heavy atom. The van der Waals surface area contributed by atoms with Gasteiger partial charge in [0.05, 0.1) is 18.2 Å². The summed E-state index contributed by atoms with van der Waals surface area (Å²) >= 11 is 6.00. The zero-order chi connectivity index (χ0) is 24.1. The van der Waals surface area contributed by atoms with Crippen molar-refractivity contribution in [2.24, 2.45) is 5.92 Å². The minimum Gasteiger partial charge on any atom is -0.492 e. The molecule has 2 heterocycles. The molecule has 1 atom stereocenters. The normalized spacial score (nSPS) is 18.6. The number of anilines is 2. The van der Waals surface area contributed by atoms with E-state index in [1.165, 1.54) is 0 Å². The number of nitrogens with zero attached hydrogens (tertiary/aromatic N) is 3. The molecular weight excluding hydrogens is 456 g/mol. The van der Waals surface area contributed by atoms with E-state index in [4.69, 9.17) is 16.3 Å². The molecule has 4 amide bonds. The summed E-state index contributed by atoms with van der Waals surface area (Å²) in [6.45, 7) is 4.69. The van der Waals surface area contributed by atoms with E-state index >= 15 is 0 Å². The number of para-hydroxylation sites is 2. The van der Waals surface area contributed by atoms with Crippen molar-refractivity contribution in [1.29, 1.82) is 0 Å². The number of urea groups is 1. The molecule has 0 aromatic heterocycles. The number of rotatable bonds is 5. The van der Waals surface area contributed by atoms with Gasteiger partial charge < -0.3 is 24.8 Å². The monoisotopic (exact) mass is 484 g/mol. The second kappa shape index (κ2) is 10.8. The summed E-state index contributed by atoms with van der Waals surface area (Å²) in [5.41, 5.74) is 1.33. The molecule has 0 aliphatic carbocycles. The maximum absolute atomic E-state index is 13.3. The lowest BCUT2D eigenvalue weighted by molar-refractivity contribution is -0.135. The third kappa shape index (κ3) is 5.44. The first kappa shape index (κ1) is 23.9. The SMILES string of the molecule is CCOc1ccccc1N1CC(C(=O)N2CCCN(C(=O)Nc3cccc(Cl)c3)CC2)CC1=O. The molecule has 8 nitrogen and oxygen atoms in total. The van der Waals surface area contributed by atoms with E-state index in [0.29, 0.717) is 67.9 Å². The Labute approximate surface area is 204 Å². The van der Waals surface area contributed by atoms with E-state index in [0.717, 1.165) is 0 Å². The van der Waals surface area contributed by atoms with Crippen molar-refractivity contribution in [3.8, 4) is 5.75 Å². The zero-order valence-electron chi connectivity index (χ0n) is 19.2. The lowest BCUT2D eigenvalue weighted by atomic mass is 10.1. The first-order chi connectivity index (χ1) is 16.5. The van der Waals surface area contributed by atoms with Gasteiger partial charge in [-0.3, -0.25) is 9.59 Å². The summed E-state index contributed by atoms with van der Waals surface area (Å²) in [6, 6.07) is 14.2. The largest absolute Gasteiger partial charge is 0.492 e. The maximum Gasteiger partial charge on any atom is 0.321 e. The van der Waals surface area contributed by atoms with Crippen LogP contribution in [0.4, 0.5) is 16.2 Å². The number of carbonyl (C=O) groups is 3. The molecule has 2 aromatic carbocycles. The molecule has 2 saturated heterocycles. The molecule has 2 aliphatic heterocycles. The van der Waals surface area contributed by atoms with Crippen molar-refractivity contribution in [3.63, 3.8) is 0 Å². The molecule has 4 rings (SSSR count). The van der Waals surface area contributed by atoms with Crippen LogP contribution in [0, 0.1) is 5.92 Å². The number of amides is 4. The molecule has 0 spiro atoms.